The highest BCUT2D eigenvalue weighted by Crippen LogP contribution is 2.24. The molecule has 2 N–H and O–H groups in total. The summed E-state index contributed by atoms with van der Waals surface area (Å²) in [7, 11) is 0. The van der Waals surface area contributed by atoms with Gasteiger partial charge in [0.05, 0.1) is 11.3 Å². The maximum absolute atomic E-state index is 12.0. The molecule has 0 aliphatic heterocycles. The van der Waals surface area contributed by atoms with Crippen LogP contribution in [0.1, 0.15) is 19.8 Å². The van der Waals surface area contributed by atoms with Crippen molar-refractivity contribution < 1.29 is 18.1 Å². The Kier molecular flexibility index (Phi) is 5.47. The molecule has 0 unspecified atom stereocenters. The number of hydrogen-bond donors (Lipinski definition) is 2. The Morgan fingerprint density at radius 2 is 2.05 bits per heavy atom. The van der Waals surface area contributed by atoms with E-state index in [4.69, 9.17) is 0 Å². The molecule has 20 heavy (non-hydrogen) atoms. The molecule has 0 aliphatic carbocycles. The number of nitrogens with one attached hydrogen (secondary N) is 2. The SMILES string of the molecule is CCCNc1ncc([N+](=O)[O-])c(NCCC(F)(F)F)n1. The van der Waals surface area contributed by atoms with E-state index in [9.17, 15) is 23.3 Å². The van der Waals surface area contributed by atoms with Crippen LogP contribution in [0.25, 0.3) is 0 Å². The molecule has 1 aromatic rings. The Labute approximate surface area is 112 Å². The topological polar surface area (TPSA) is 93.0 Å². The van der Waals surface area contributed by atoms with Crippen LogP contribution in [0.5, 0.6) is 0 Å². The molecule has 1 heterocycles. The zero-order chi connectivity index (χ0) is 15.2. The van der Waals surface area contributed by atoms with Gasteiger partial charge >= 0.3 is 11.9 Å². The highest BCUT2D eigenvalue weighted by Gasteiger charge is 2.27. The number of nitro groups is 1. The lowest BCUT2D eigenvalue weighted by Gasteiger charge is -2.09. The third kappa shape index (κ3) is 5.24. The Bertz CT molecular complexity index is 467. The summed E-state index contributed by atoms with van der Waals surface area (Å²) in [4.78, 5) is 17.5. The molecular weight excluding hydrogens is 279 g/mol. The molecule has 0 fully saturated rings. The predicted molar refractivity (Wildman–Crippen MR) is 66.6 cm³/mol. The van der Waals surface area contributed by atoms with E-state index in [1.807, 2.05) is 6.92 Å². The second-order valence-corrected chi connectivity index (χ2v) is 3.90. The van der Waals surface area contributed by atoms with Crippen molar-refractivity contribution in [3.63, 3.8) is 0 Å². The number of anilines is 2. The summed E-state index contributed by atoms with van der Waals surface area (Å²) in [5.74, 6) is -0.0974. The third-order valence-electron chi connectivity index (χ3n) is 2.20. The van der Waals surface area contributed by atoms with Gasteiger partial charge in [-0.3, -0.25) is 10.1 Å². The molecule has 0 radical (unpaired) electrons. The summed E-state index contributed by atoms with van der Waals surface area (Å²) in [6, 6.07) is 0. The van der Waals surface area contributed by atoms with Crippen LogP contribution in [-0.4, -0.2) is 34.2 Å². The van der Waals surface area contributed by atoms with E-state index in [2.05, 4.69) is 20.6 Å². The van der Waals surface area contributed by atoms with Crippen molar-refractivity contribution in [2.75, 3.05) is 23.7 Å². The summed E-state index contributed by atoms with van der Waals surface area (Å²) in [5.41, 5.74) is -0.464. The van der Waals surface area contributed by atoms with Gasteiger partial charge in [0.15, 0.2) is 0 Å². The maximum atomic E-state index is 12.0. The monoisotopic (exact) mass is 293 g/mol. The van der Waals surface area contributed by atoms with Crippen molar-refractivity contribution in [2.45, 2.75) is 25.9 Å². The summed E-state index contributed by atoms with van der Waals surface area (Å²) in [6.07, 6.45) is -3.69. The third-order valence-corrected chi connectivity index (χ3v) is 2.20. The number of hydrogen-bond acceptors (Lipinski definition) is 6. The fraction of sp³-hybridized carbons (Fsp3) is 0.600. The van der Waals surface area contributed by atoms with Gasteiger partial charge < -0.3 is 10.6 Å². The van der Waals surface area contributed by atoms with Crippen LogP contribution >= 0.6 is 0 Å². The molecule has 0 amide bonds. The lowest BCUT2D eigenvalue weighted by Crippen LogP contribution is -2.16. The van der Waals surface area contributed by atoms with E-state index in [0.29, 0.717) is 6.54 Å². The largest absolute Gasteiger partial charge is 0.390 e. The van der Waals surface area contributed by atoms with Crippen molar-refractivity contribution in [3.05, 3.63) is 16.3 Å². The van der Waals surface area contributed by atoms with E-state index in [1.54, 1.807) is 0 Å². The molecule has 112 valence electrons. The molecule has 0 saturated heterocycles. The maximum Gasteiger partial charge on any atom is 0.390 e. The van der Waals surface area contributed by atoms with Crippen LogP contribution in [0.4, 0.5) is 30.6 Å². The lowest BCUT2D eigenvalue weighted by atomic mass is 10.4. The quantitative estimate of drug-likeness (QED) is 0.593. The first-order valence-electron chi connectivity index (χ1n) is 5.89. The van der Waals surface area contributed by atoms with Crippen LogP contribution in [0.3, 0.4) is 0 Å². The van der Waals surface area contributed by atoms with Gasteiger partial charge in [-0.25, -0.2) is 4.98 Å². The van der Waals surface area contributed by atoms with Gasteiger partial charge in [0.1, 0.15) is 6.20 Å². The van der Waals surface area contributed by atoms with Gasteiger partial charge in [0.25, 0.3) is 0 Å². The van der Waals surface area contributed by atoms with Crippen molar-refractivity contribution in [1.82, 2.24) is 9.97 Å². The first-order valence-corrected chi connectivity index (χ1v) is 5.89. The Balaban J connectivity index is 2.80. The summed E-state index contributed by atoms with van der Waals surface area (Å²) in [6.45, 7) is 1.97. The number of halogens is 3. The summed E-state index contributed by atoms with van der Waals surface area (Å²) in [5, 5.41) is 15.9. The molecule has 1 aromatic heterocycles. The van der Waals surface area contributed by atoms with E-state index in [1.165, 1.54) is 0 Å². The van der Waals surface area contributed by atoms with Crippen molar-refractivity contribution in [2.24, 2.45) is 0 Å². The van der Waals surface area contributed by atoms with E-state index in [0.717, 1.165) is 12.6 Å². The van der Waals surface area contributed by atoms with Crippen LogP contribution in [-0.2, 0) is 0 Å². The van der Waals surface area contributed by atoms with Crippen LogP contribution < -0.4 is 10.6 Å². The number of rotatable bonds is 7. The highest BCUT2D eigenvalue weighted by atomic mass is 19.4. The smallest absolute Gasteiger partial charge is 0.364 e. The van der Waals surface area contributed by atoms with E-state index in [-0.39, 0.29) is 11.8 Å². The second-order valence-electron chi connectivity index (χ2n) is 3.90. The zero-order valence-electron chi connectivity index (χ0n) is 10.7. The molecule has 0 aromatic carbocycles. The molecule has 0 bridgehead atoms. The predicted octanol–water partition coefficient (Wildman–Crippen LogP) is 2.57. The van der Waals surface area contributed by atoms with Crippen molar-refractivity contribution in [1.29, 1.82) is 0 Å². The second kappa shape index (κ2) is 6.87. The number of nitrogens with zero attached hydrogens (tertiary/aromatic N) is 3. The van der Waals surface area contributed by atoms with Gasteiger partial charge in [0, 0.05) is 13.1 Å². The minimum absolute atomic E-state index is 0.131. The van der Waals surface area contributed by atoms with Crippen LogP contribution in [0.2, 0.25) is 0 Å². The first kappa shape index (κ1) is 15.9. The fourth-order valence-corrected chi connectivity index (χ4v) is 1.28. The summed E-state index contributed by atoms with van der Waals surface area (Å²) < 4.78 is 36.1. The molecular formula is C10H14F3N5O2. The highest BCUT2D eigenvalue weighted by molar-refractivity contribution is 5.56. The van der Waals surface area contributed by atoms with Crippen LogP contribution in [0.15, 0.2) is 6.20 Å². The standard InChI is InChI=1S/C10H14F3N5O2/c1-2-4-15-9-16-6-7(18(19)20)8(17-9)14-5-3-10(11,12)13/h6H,2-5H2,1H3,(H2,14,15,16,17). The minimum Gasteiger partial charge on any atom is -0.364 e. The molecule has 10 heteroatoms. The number of alkyl halides is 3. The summed E-state index contributed by atoms with van der Waals surface area (Å²) >= 11 is 0. The van der Waals surface area contributed by atoms with Gasteiger partial charge in [0.2, 0.25) is 11.8 Å². The van der Waals surface area contributed by atoms with Crippen molar-refractivity contribution >= 4 is 17.5 Å². The lowest BCUT2D eigenvalue weighted by molar-refractivity contribution is -0.384. The molecule has 1 rings (SSSR count). The molecule has 0 atom stereocenters. The van der Waals surface area contributed by atoms with E-state index >= 15 is 0 Å². The minimum atomic E-state index is -4.34. The fourth-order valence-electron chi connectivity index (χ4n) is 1.28. The van der Waals surface area contributed by atoms with E-state index < -0.39 is 29.8 Å². The van der Waals surface area contributed by atoms with Gasteiger partial charge in [-0.2, -0.15) is 18.2 Å². The Hall–Kier alpha value is -2.13. The Morgan fingerprint density at radius 3 is 2.60 bits per heavy atom. The van der Waals surface area contributed by atoms with Gasteiger partial charge in [-0.15, -0.1) is 0 Å². The number of aromatic nitrogens is 2. The normalized spacial score (nSPS) is 11.2. The van der Waals surface area contributed by atoms with Crippen molar-refractivity contribution in [3.8, 4) is 0 Å². The molecule has 0 spiro atoms. The average molecular weight is 293 g/mol. The molecule has 7 nitrogen and oxygen atoms in total. The first-order chi connectivity index (χ1) is 9.33. The zero-order valence-corrected chi connectivity index (χ0v) is 10.7. The molecule has 0 aliphatic rings. The Morgan fingerprint density at radius 1 is 1.35 bits per heavy atom. The van der Waals surface area contributed by atoms with Crippen LogP contribution in [0, 0.1) is 10.1 Å². The average Bonchev–Trinajstić information content (AvgIpc) is 2.34. The van der Waals surface area contributed by atoms with Gasteiger partial charge in [-0.1, -0.05) is 6.92 Å². The molecule has 0 saturated carbocycles. The van der Waals surface area contributed by atoms with Gasteiger partial charge in [-0.05, 0) is 6.42 Å².